The second-order valence-electron chi connectivity index (χ2n) is 6.57. The van der Waals surface area contributed by atoms with E-state index in [0.717, 1.165) is 57.2 Å². The Balaban J connectivity index is 1.33. The first-order valence-corrected chi connectivity index (χ1v) is 9.55. The molecule has 1 N–H and O–H groups in total. The molecule has 0 radical (unpaired) electrons. The molecular formula is C21H27N3S. The zero-order valence-electron chi connectivity index (χ0n) is 14.7. The van der Waals surface area contributed by atoms with Gasteiger partial charge in [-0.05, 0) is 36.2 Å². The van der Waals surface area contributed by atoms with Crippen LogP contribution in [0.3, 0.4) is 0 Å². The third-order valence-corrected chi connectivity index (χ3v) is 5.07. The van der Waals surface area contributed by atoms with Gasteiger partial charge in [0.05, 0.1) is 0 Å². The molecule has 0 spiro atoms. The van der Waals surface area contributed by atoms with Gasteiger partial charge in [-0.15, -0.1) is 0 Å². The third kappa shape index (κ3) is 5.83. The SMILES string of the molecule is S=C(NCCCc1ccccc1)N1CCN(Cc2ccccc2)CC1. The highest BCUT2D eigenvalue weighted by Crippen LogP contribution is 2.08. The number of rotatable bonds is 6. The van der Waals surface area contributed by atoms with E-state index in [4.69, 9.17) is 12.2 Å². The molecule has 2 aromatic carbocycles. The quantitative estimate of drug-likeness (QED) is 0.634. The third-order valence-electron chi connectivity index (χ3n) is 4.67. The summed E-state index contributed by atoms with van der Waals surface area (Å²) in [5.41, 5.74) is 2.78. The number of piperazine rings is 1. The van der Waals surface area contributed by atoms with Crippen LogP contribution in [0.1, 0.15) is 17.5 Å². The van der Waals surface area contributed by atoms with Crippen LogP contribution in [-0.4, -0.2) is 47.6 Å². The highest BCUT2D eigenvalue weighted by Gasteiger charge is 2.18. The van der Waals surface area contributed by atoms with Crippen LogP contribution < -0.4 is 5.32 Å². The second kappa shape index (κ2) is 9.54. The van der Waals surface area contributed by atoms with Crippen LogP contribution in [0.15, 0.2) is 60.7 Å². The van der Waals surface area contributed by atoms with Gasteiger partial charge in [-0.2, -0.15) is 0 Å². The summed E-state index contributed by atoms with van der Waals surface area (Å²) in [4.78, 5) is 4.81. The average Bonchev–Trinajstić information content (AvgIpc) is 2.67. The first-order chi connectivity index (χ1) is 12.3. The van der Waals surface area contributed by atoms with Gasteiger partial charge in [0.2, 0.25) is 0 Å². The fourth-order valence-electron chi connectivity index (χ4n) is 3.20. The molecule has 25 heavy (non-hydrogen) atoms. The van der Waals surface area contributed by atoms with Crippen molar-refractivity contribution in [2.24, 2.45) is 0 Å². The van der Waals surface area contributed by atoms with Gasteiger partial charge in [-0.3, -0.25) is 4.90 Å². The lowest BCUT2D eigenvalue weighted by Gasteiger charge is -2.36. The number of hydrogen-bond acceptors (Lipinski definition) is 2. The summed E-state index contributed by atoms with van der Waals surface area (Å²) in [6, 6.07) is 21.3. The van der Waals surface area contributed by atoms with E-state index in [2.05, 4.69) is 75.8 Å². The van der Waals surface area contributed by atoms with Gasteiger partial charge in [0, 0.05) is 39.3 Å². The molecular weight excluding hydrogens is 326 g/mol. The average molecular weight is 354 g/mol. The second-order valence-corrected chi connectivity index (χ2v) is 6.96. The van der Waals surface area contributed by atoms with Gasteiger partial charge >= 0.3 is 0 Å². The maximum absolute atomic E-state index is 5.57. The van der Waals surface area contributed by atoms with Crippen molar-refractivity contribution in [1.29, 1.82) is 0 Å². The first kappa shape index (κ1) is 17.9. The Morgan fingerprint density at radius 1 is 0.840 bits per heavy atom. The highest BCUT2D eigenvalue weighted by molar-refractivity contribution is 7.80. The monoisotopic (exact) mass is 353 g/mol. The number of nitrogens with zero attached hydrogens (tertiary/aromatic N) is 2. The van der Waals surface area contributed by atoms with Crippen molar-refractivity contribution < 1.29 is 0 Å². The molecule has 132 valence electrons. The molecule has 0 aliphatic carbocycles. The Morgan fingerprint density at radius 2 is 1.44 bits per heavy atom. The normalized spacial score (nSPS) is 15.1. The molecule has 0 unspecified atom stereocenters. The molecule has 1 fully saturated rings. The lowest BCUT2D eigenvalue weighted by Crippen LogP contribution is -2.51. The van der Waals surface area contributed by atoms with Crippen molar-refractivity contribution >= 4 is 17.3 Å². The van der Waals surface area contributed by atoms with Gasteiger partial charge in [-0.1, -0.05) is 60.7 Å². The van der Waals surface area contributed by atoms with E-state index in [1.807, 2.05) is 0 Å². The minimum absolute atomic E-state index is 0.910. The van der Waals surface area contributed by atoms with Crippen molar-refractivity contribution in [3.8, 4) is 0 Å². The lowest BCUT2D eigenvalue weighted by molar-refractivity contribution is 0.174. The van der Waals surface area contributed by atoms with Crippen molar-refractivity contribution in [3.05, 3.63) is 71.8 Å². The predicted molar refractivity (Wildman–Crippen MR) is 109 cm³/mol. The van der Waals surface area contributed by atoms with E-state index >= 15 is 0 Å². The van der Waals surface area contributed by atoms with E-state index in [0.29, 0.717) is 0 Å². The van der Waals surface area contributed by atoms with Gasteiger partial charge in [0.25, 0.3) is 0 Å². The Kier molecular flexibility index (Phi) is 6.83. The van der Waals surface area contributed by atoms with E-state index in [9.17, 15) is 0 Å². The predicted octanol–water partition coefficient (Wildman–Crippen LogP) is 3.31. The maximum atomic E-state index is 5.57. The number of benzene rings is 2. The lowest BCUT2D eigenvalue weighted by atomic mass is 10.1. The van der Waals surface area contributed by atoms with E-state index in [1.54, 1.807) is 0 Å². The molecule has 1 saturated heterocycles. The van der Waals surface area contributed by atoms with Gasteiger partial charge in [0.1, 0.15) is 0 Å². The van der Waals surface area contributed by atoms with Crippen LogP contribution in [-0.2, 0) is 13.0 Å². The zero-order valence-corrected chi connectivity index (χ0v) is 15.5. The fourth-order valence-corrected chi connectivity index (χ4v) is 3.48. The topological polar surface area (TPSA) is 18.5 Å². The molecule has 1 aliphatic rings. The number of nitrogens with one attached hydrogen (secondary N) is 1. The van der Waals surface area contributed by atoms with E-state index in [-0.39, 0.29) is 0 Å². The molecule has 0 saturated carbocycles. The Bertz CT molecular complexity index is 637. The largest absolute Gasteiger partial charge is 0.363 e. The van der Waals surface area contributed by atoms with Crippen LogP contribution in [0, 0.1) is 0 Å². The van der Waals surface area contributed by atoms with Crippen molar-refractivity contribution in [1.82, 2.24) is 15.1 Å². The number of aryl methyl sites for hydroxylation is 1. The molecule has 1 heterocycles. The van der Waals surface area contributed by atoms with Crippen LogP contribution >= 0.6 is 12.2 Å². The summed E-state index contributed by atoms with van der Waals surface area (Å²) in [5, 5.41) is 4.34. The Labute approximate surface area is 156 Å². The smallest absolute Gasteiger partial charge is 0.169 e. The van der Waals surface area contributed by atoms with Gasteiger partial charge in [-0.25, -0.2) is 0 Å². The Morgan fingerprint density at radius 3 is 2.08 bits per heavy atom. The first-order valence-electron chi connectivity index (χ1n) is 9.14. The van der Waals surface area contributed by atoms with E-state index in [1.165, 1.54) is 11.1 Å². The molecule has 2 aromatic rings. The molecule has 4 heteroatoms. The van der Waals surface area contributed by atoms with Crippen molar-refractivity contribution in [3.63, 3.8) is 0 Å². The van der Waals surface area contributed by atoms with Crippen LogP contribution in [0.5, 0.6) is 0 Å². The van der Waals surface area contributed by atoms with Crippen molar-refractivity contribution in [2.45, 2.75) is 19.4 Å². The molecule has 0 bridgehead atoms. The highest BCUT2D eigenvalue weighted by atomic mass is 32.1. The maximum Gasteiger partial charge on any atom is 0.169 e. The minimum atomic E-state index is 0.910. The Hall–Kier alpha value is -1.91. The molecule has 3 nitrogen and oxygen atoms in total. The summed E-state index contributed by atoms with van der Waals surface area (Å²) in [6.07, 6.45) is 2.21. The van der Waals surface area contributed by atoms with Crippen molar-refractivity contribution in [2.75, 3.05) is 32.7 Å². The fraction of sp³-hybridized carbons (Fsp3) is 0.381. The molecule has 0 aromatic heterocycles. The van der Waals surface area contributed by atoms with Gasteiger partial charge < -0.3 is 10.2 Å². The molecule has 0 atom stereocenters. The van der Waals surface area contributed by atoms with Crippen LogP contribution in [0.2, 0.25) is 0 Å². The van der Waals surface area contributed by atoms with E-state index < -0.39 is 0 Å². The molecule has 0 amide bonds. The van der Waals surface area contributed by atoms with Gasteiger partial charge in [0.15, 0.2) is 5.11 Å². The standard InChI is InChI=1S/C21H27N3S/c25-21(22-13-7-12-19-8-3-1-4-9-19)24-16-14-23(15-17-24)18-20-10-5-2-6-11-20/h1-6,8-11H,7,12-18H2,(H,22,25). The summed E-state index contributed by atoms with van der Waals surface area (Å²) in [5.74, 6) is 0. The summed E-state index contributed by atoms with van der Waals surface area (Å²) >= 11 is 5.57. The van der Waals surface area contributed by atoms with Crippen LogP contribution in [0.4, 0.5) is 0 Å². The summed E-state index contributed by atoms with van der Waals surface area (Å²) in [7, 11) is 0. The summed E-state index contributed by atoms with van der Waals surface area (Å²) in [6.45, 7) is 6.14. The summed E-state index contributed by atoms with van der Waals surface area (Å²) < 4.78 is 0. The minimum Gasteiger partial charge on any atom is -0.363 e. The number of hydrogen-bond donors (Lipinski definition) is 1. The van der Waals surface area contributed by atoms with Crippen LogP contribution in [0.25, 0.3) is 0 Å². The molecule has 1 aliphatic heterocycles. The number of thiocarbonyl (C=S) groups is 1. The zero-order chi connectivity index (χ0) is 17.3. The molecule has 3 rings (SSSR count).